The van der Waals surface area contributed by atoms with E-state index in [1.807, 2.05) is 0 Å². The summed E-state index contributed by atoms with van der Waals surface area (Å²) in [6.07, 6.45) is 0. The van der Waals surface area contributed by atoms with Crippen LogP contribution in [0.1, 0.15) is 9.67 Å². The van der Waals surface area contributed by atoms with Gasteiger partial charge < -0.3 is 9.47 Å². The van der Waals surface area contributed by atoms with Crippen LogP contribution < -0.4 is 9.46 Å². The summed E-state index contributed by atoms with van der Waals surface area (Å²) in [5.74, 6) is -0.247. The van der Waals surface area contributed by atoms with Crippen LogP contribution in [0.4, 0.5) is 5.69 Å². The average Bonchev–Trinajstić information content (AvgIpc) is 3.04. The summed E-state index contributed by atoms with van der Waals surface area (Å²) < 4.78 is 38.6. The Balaban J connectivity index is 1.97. The largest absolute Gasteiger partial charge is 0.495 e. The minimum absolute atomic E-state index is 0.0619. The fraction of sp³-hybridized carbons (Fsp3) is 0.118. The summed E-state index contributed by atoms with van der Waals surface area (Å²) in [5, 5.41) is 1.01. The number of nitrogens with one attached hydrogen (secondary N) is 1. The zero-order valence-electron chi connectivity index (χ0n) is 13.8. The number of thiophene rings is 1. The maximum Gasteiger partial charge on any atom is 0.348 e. The first kappa shape index (κ1) is 18.5. The van der Waals surface area contributed by atoms with Crippen LogP contribution >= 0.6 is 22.9 Å². The zero-order valence-corrected chi connectivity index (χ0v) is 16.2. The molecule has 3 rings (SSSR count). The molecule has 0 bridgehead atoms. The molecular formula is C17H14ClNO5S2. The maximum atomic E-state index is 12.7. The van der Waals surface area contributed by atoms with Gasteiger partial charge in [0.1, 0.15) is 15.5 Å². The van der Waals surface area contributed by atoms with E-state index in [2.05, 4.69) is 4.72 Å². The van der Waals surface area contributed by atoms with Crippen molar-refractivity contribution in [2.24, 2.45) is 0 Å². The highest BCUT2D eigenvalue weighted by molar-refractivity contribution is 7.92. The lowest BCUT2D eigenvalue weighted by molar-refractivity contribution is 0.0606. The van der Waals surface area contributed by atoms with Crippen molar-refractivity contribution in [3.05, 3.63) is 52.4 Å². The Hall–Kier alpha value is -2.29. The van der Waals surface area contributed by atoms with E-state index >= 15 is 0 Å². The van der Waals surface area contributed by atoms with E-state index in [4.69, 9.17) is 21.1 Å². The second-order valence-electron chi connectivity index (χ2n) is 5.26. The number of ether oxygens (including phenoxy) is 2. The number of carbonyl (C=O) groups is 1. The number of benzene rings is 2. The van der Waals surface area contributed by atoms with Gasteiger partial charge in [-0.15, -0.1) is 11.3 Å². The van der Waals surface area contributed by atoms with Crippen molar-refractivity contribution in [3.63, 3.8) is 0 Å². The summed E-state index contributed by atoms with van der Waals surface area (Å²) in [6.45, 7) is 0. The van der Waals surface area contributed by atoms with Crippen molar-refractivity contribution < 1.29 is 22.7 Å². The monoisotopic (exact) mass is 411 g/mol. The van der Waals surface area contributed by atoms with E-state index in [1.165, 1.54) is 37.7 Å². The SMILES string of the molecule is COC(=O)c1cc2cc(NS(=O)(=O)c3cc(Cl)ccc3OC)ccc2s1. The summed E-state index contributed by atoms with van der Waals surface area (Å²) in [5.41, 5.74) is 0.355. The molecule has 6 nitrogen and oxygen atoms in total. The Labute approximate surface area is 159 Å². The van der Waals surface area contributed by atoms with Gasteiger partial charge in [0.2, 0.25) is 0 Å². The molecule has 9 heteroatoms. The lowest BCUT2D eigenvalue weighted by Gasteiger charge is -2.12. The minimum atomic E-state index is -3.91. The third-order valence-corrected chi connectivity index (χ3v) is 6.30. The van der Waals surface area contributed by atoms with Crippen LogP contribution in [0.5, 0.6) is 5.75 Å². The van der Waals surface area contributed by atoms with Crippen LogP contribution in [0.2, 0.25) is 5.02 Å². The molecule has 0 saturated carbocycles. The van der Waals surface area contributed by atoms with Gasteiger partial charge in [-0.3, -0.25) is 4.72 Å². The number of sulfonamides is 1. The smallest absolute Gasteiger partial charge is 0.348 e. The molecule has 1 heterocycles. The Morgan fingerprint density at radius 1 is 1.12 bits per heavy atom. The lowest BCUT2D eigenvalue weighted by atomic mass is 10.2. The molecule has 1 aromatic heterocycles. The van der Waals surface area contributed by atoms with Gasteiger partial charge in [0, 0.05) is 15.4 Å². The molecule has 26 heavy (non-hydrogen) atoms. The third-order valence-electron chi connectivity index (χ3n) is 3.57. The lowest BCUT2D eigenvalue weighted by Crippen LogP contribution is -2.14. The van der Waals surface area contributed by atoms with Gasteiger partial charge in [0.05, 0.1) is 14.2 Å². The quantitative estimate of drug-likeness (QED) is 0.638. The van der Waals surface area contributed by atoms with Crippen molar-refractivity contribution in [1.82, 2.24) is 0 Å². The number of hydrogen-bond acceptors (Lipinski definition) is 6. The summed E-state index contributed by atoms with van der Waals surface area (Å²) in [7, 11) is -1.22. The number of esters is 1. The Morgan fingerprint density at radius 3 is 2.58 bits per heavy atom. The summed E-state index contributed by atoms with van der Waals surface area (Å²) in [4.78, 5) is 12.0. The van der Waals surface area contributed by atoms with Crippen LogP contribution in [0, 0.1) is 0 Å². The Kier molecular flexibility index (Phi) is 5.08. The molecule has 0 spiro atoms. The fourth-order valence-corrected chi connectivity index (χ4v) is 4.82. The zero-order chi connectivity index (χ0) is 18.9. The summed E-state index contributed by atoms with van der Waals surface area (Å²) >= 11 is 7.19. The highest BCUT2D eigenvalue weighted by atomic mass is 35.5. The molecule has 0 atom stereocenters. The second-order valence-corrected chi connectivity index (χ2v) is 8.43. The Bertz CT molecular complexity index is 1090. The number of rotatable bonds is 5. The van der Waals surface area contributed by atoms with E-state index in [0.717, 1.165) is 10.1 Å². The third kappa shape index (κ3) is 3.62. The molecule has 1 N–H and O–H groups in total. The molecule has 3 aromatic rings. The van der Waals surface area contributed by atoms with Crippen molar-refractivity contribution in [2.45, 2.75) is 4.90 Å². The standard InChI is InChI=1S/C17H14ClNO5S2/c1-23-13-5-3-11(18)9-16(13)26(21,22)19-12-4-6-14-10(7-12)8-15(25-14)17(20)24-2/h3-9,19H,1-2H3. The first-order valence-corrected chi connectivity index (χ1v) is 10.00. The van der Waals surface area contributed by atoms with Gasteiger partial charge in [-0.25, -0.2) is 13.2 Å². The van der Waals surface area contributed by atoms with Crippen LogP contribution in [0.3, 0.4) is 0 Å². The number of carbonyl (C=O) groups excluding carboxylic acids is 1. The number of anilines is 1. The van der Waals surface area contributed by atoms with Gasteiger partial charge in [-0.2, -0.15) is 0 Å². The second kappa shape index (κ2) is 7.14. The molecule has 0 radical (unpaired) electrons. The number of fused-ring (bicyclic) bond motifs is 1. The van der Waals surface area contributed by atoms with Crippen LogP contribution in [-0.2, 0) is 14.8 Å². The van der Waals surface area contributed by atoms with Crippen molar-refractivity contribution in [3.8, 4) is 5.75 Å². The highest BCUT2D eigenvalue weighted by Gasteiger charge is 2.20. The molecule has 2 aromatic carbocycles. The predicted octanol–water partition coefficient (Wildman–Crippen LogP) is 4.15. The number of hydrogen-bond donors (Lipinski definition) is 1. The number of methoxy groups -OCH3 is 2. The molecule has 0 amide bonds. The van der Waals surface area contributed by atoms with Crippen molar-refractivity contribution in [1.29, 1.82) is 0 Å². The average molecular weight is 412 g/mol. The Morgan fingerprint density at radius 2 is 1.88 bits per heavy atom. The van der Waals surface area contributed by atoms with Gasteiger partial charge >= 0.3 is 5.97 Å². The minimum Gasteiger partial charge on any atom is -0.495 e. The normalized spacial score (nSPS) is 11.3. The van der Waals surface area contributed by atoms with E-state index < -0.39 is 16.0 Å². The summed E-state index contributed by atoms with van der Waals surface area (Å²) in [6, 6.07) is 11.0. The van der Waals surface area contributed by atoms with E-state index in [-0.39, 0.29) is 15.7 Å². The molecular weight excluding hydrogens is 398 g/mol. The van der Waals surface area contributed by atoms with E-state index in [0.29, 0.717) is 10.6 Å². The van der Waals surface area contributed by atoms with Crippen LogP contribution in [-0.4, -0.2) is 28.6 Å². The van der Waals surface area contributed by atoms with Gasteiger partial charge in [0.25, 0.3) is 10.0 Å². The fourth-order valence-electron chi connectivity index (χ4n) is 2.38. The molecule has 0 aliphatic rings. The molecule has 0 fully saturated rings. The molecule has 136 valence electrons. The van der Waals surface area contributed by atoms with Gasteiger partial charge in [0.15, 0.2) is 0 Å². The predicted molar refractivity (Wildman–Crippen MR) is 102 cm³/mol. The molecule has 0 unspecified atom stereocenters. The van der Waals surface area contributed by atoms with Crippen molar-refractivity contribution in [2.75, 3.05) is 18.9 Å². The van der Waals surface area contributed by atoms with E-state index in [9.17, 15) is 13.2 Å². The molecule has 0 aliphatic carbocycles. The van der Waals surface area contributed by atoms with Gasteiger partial charge in [-0.05, 0) is 47.9 Å². The maximum absolute atomic E-state index is 12.7. The first-order valence-electron chi connectivity index (χ1n) is 7.32. The van der Waals surface area contributed by atoms with E-state index in [1.54, 1.807) is 30.3 Å². The van der Waals surface area contributed by atoms with Crippen LogP contribution in [0.25, 0.3) is 10.1 Å². The van der Waals surface area contributed by atoms with Crippen molar-refractivity contribution >= 4 is 54.7 Å². The number of halogens is 1. The molecule has 0 aliphatic heterocycles. The highest BCUT2D eigenvalue weighted by Crippen LogP contribution is 2.31. The first-order chi connectivity index (χ1) is 12.3. The topological polar surface area (TPSA) is 81.7 Å². The van der Waals surface area contributed by atoms with Crippen LogP contribution in [0.15, 0.2) is 47.4 Å². The van der Waals surface area contributed by atoms with Gasteiger partial charge in [-0.1, -0.05) is 11.6 Å². The molecule has 0 saturated heterocycles.